The second-order valence-corrected chi connectivity index (χ2v) is 6.81. The highest BCUT2D eigenvalue weighted by Crippen LogP contribution is 2.26. The molecule has 30 heavy (non-hydrogen) atoms. The monoisotopic (exact) mass is 405 g/mol. The van der Waals surface area contributed by atoms with Gasteiger partial charge in [-0.25, -0.2) is 19.9 Å². The van der Waals surface area contributed by atoms with Gasteiger partial charge in [0, 0.05) is 30.9 Å². The second kappa shape index (κ2) is 8.26. The number of carbonyl (C=O) groups excluding carboxylic acids is 1. The van der Waals surface area contributed by atoms with Crippen molar-refractivity contribution in [1.29, 1.82) is 5.26 Å². The first kappa shape index (κ1) is 19.5. The quantitative estimate of drug-likeness (QED) is 0.636. The van der Waals surface area contributed by atoms with Crippen LogP contribution >= 0.6 is 0 Å². The summed E-state index contributed by atoms with van der Waals surface area (Å²) in [6.07, 6.45) is 3.80. The summed E-state index contributed by atoms with van der Waals surface area (Å²) in [5, 5.41) is 21.7. The minimum atomic E-state index is -0.491. The summed E-state index contributed by atoms with van der Waals surface area (Å²) in [6, 6.07) is 7.38. The predicted molar refractivity (Wildman–Crippen MR) is 108 cm³/mol. The standard InChI is InChI=1S/C20H19N7O3/c1-30-20-12(7-21)6-13(8-22-20)15-2-3-16-18(26-15)19(24-11-23-16)25-14-4-5-27(9-14)17(29)10-28/h2-3,6,8,11,14,28H,4-5,9-10H2,1H3,(H,23,24,25)/t14-/m0/s1. The van der Waals surface area contributed by atoms with Crippen molar-refractivity contribution in [3.8, 4) is 23.2 Å². The van der Waals surface area contributed by atoms with Crippen LogP contribution < -0.4 is 10.1 Å². The summed E-state index contributed by atoms with van der Waals surface area (Å²) >= 11 is 0. The summed E-state index contributed by atoms with van der Waals surface area (Å²) in [4.78, 5) is 30.8. The van der Waals surface area contributed by atoms with E-state index in [-0.39, 0.29) is 17.8 Å². The maximum absolute atomic E-state index is 11.7. The number of methoxy groups -OCH3 is 1. The van der Waals surface area contributed by atoms with Crippen LogP contribution in [-0.2, 0) is 4.79 Å². The highest BCUT2D eigenvalue weighted by atomic mass is 16.5. The Bertz CT molecular complexity index is 1140. The van der Waals surface area contributed by atoms with Gasteiger partial charge in [-0.15, -0.1) is 0 Å². The number of fused-ring (bicyclic) bond motifs is 1. The number of hydrogen-bond acceptors (Lipinski definition) is 9. The molecule has 1 fully saturated rings. The number of aromatic nitrogens is 4. The zero-order valence-electron chi connectivity index (χ0n) is 16.2. The molecule has 0 radical (unpaired) electrons. The van der Waals surface area contributed by atoms with E-state index in [0.29, 0.717) is 46.8 Å². The molecule has 4 rings (SSSR count). The van der Waals surface area contributed by atoms with E-state index in [0.717, 1.165) is 6.42 Å². The zero-order valence-corrected chi connectivity index (χ0v) is 16.2. The van der Waals surface area contributed by atoms with Crippen molar-refractivity contribution in [2.24, 2.45) is 0 Å². The molecule has 3 aromatic rings. The third-order valence-corrected chi connectivity index (χ3v) is 4.96. The van der Waals surface area contributed by atoms with E-state index in [1.165, 1.54) is 13.4 Å². The van der Waals surface area contributed by atoms with Crippen LogP contribution in [0.3, 0.4) is 0 Å². The fourth-order valence-electron chi connectivity index (χ4n) is 3.44. The third kappa shape index (κ3) is 3.70. The molecule has 0 bridgehead atoms. The Labute approximate surface area is 172 Å². The van der Waals surface area contributed by atoms with Crippen LogP contribution in [0.1, 0.15) is 12.0 Å². The Morgan fingerprint density at radius 3 is 3.03 bits per heavy atom. The molecule has 1 aliphatic rings. The summed E-state index contributed by atoms with van der Waals surface area (Å²) < 4.78 is 5.10. The molecule has 1 atom stereocenters. The van der Waals surface area contributed by atoms with Crippen LogP contribution in [0.5, 0.6) is 5.88 Å². The average Bonchev–Trinajstić information content (AvgIpc) is 3.26. The number of nitrogens with one attached hydrogen (secondary N) is 1. The maximum atomic E-state index is 11.7. The van der Waals surface area contributed by atoms with Crippen LogP contribution in [-0.4, -0.2) is 68.7 Å². The van der Waals surface area contributed by atoms with Gasteiger partial charge in [0.1, 0.15) is 30.1 Å². The van der Waals surface area contributed by atoms with Crippen molar-refractivity contribution >= 4 is 22.8 Å². The maximum Gasteiger partial charge on any atom is 0.248 e. The van der Waals surface area contributed by atoms with Gasteiger partial charge in [-0.05, 0) is 24.6 Å². The van der Waals surface area contributed by atoms with Crippen molar-refractivity contribution in [2.45, 2.75) is 12.5 Å². The van der Waals surface area contributed by atoms with Gasteiger partial charge in [0.25, 0.3) is 0 Å². The molecule has 0 unspecified atom stereocenters. The topological polar surface area (TPSA) is 137 Å². The number of nitrogens with zero attached hydrogens (tertiary/aromatic N) is 6. The lowest BCUT2D eigenvalue weighted by molar-refractivity contribution is -0.133. The van der Waals surface area contributed by atoms with E-state index in [2.05, 4.69) is 26.3 Å². The van der Waals surface area contributed by atoms with Crippen molar-refractivity contribution < 1.29 is 14.6 Å². The summed E-state index contributed by atoms with van der Waals surface area (Å²) in [5.41, 5.74) is 2.86. The number of rotatable bonds is 5. The average molecular weight is 405 g/mol. The second-order valence-electron chi connectivity index (χ2n) is 6.81. The van der Waals surface area contributed by atoms with Gasteiger partial charge in [0.05, 0.1) is 18.3 Å². The molecule has 4 heterocycles. The van der Waals surface area contributed by atoms with Crippen molar-refractivity contribution in [2.75, 3.05) is 32.1 Å². The number of anilines is 1. The zero-order chi connectivity index (χ0) is 21.1. The molecule has 1 amide bonds. The van der Waals surface area contributed by atoms with E-state index in [1.807, 2.05) is 6.07 Å². The van der Waals surface area contributed by atoms with Gasteiger partial charge in [-0.3, -0.25) is 4.79 Å². The highest BCUT2D eigenvalue weighted by Gasteiger charge is 2.26. The molecule has 1 saturated heterocycles. The van der Waals surface area contributed by atoms with Gasteiger partial charge < -0.3 is 20.1 Å². The fourth-order valence-corrected chi connectivity index (χ4v) is 3.44. The van der Waals surface area contributed by atoms with Gasteiger partial charge in [-0.1, -0.05) is 0 Å². The number of pyridine rings is 2. The normalized spacial score (nSPS) is 15.8. The third-order valence-electron chi connectivity index (χ3n) is 4.96. The number of nitriles is 1. The lowest BCUT2D eigenvalue weighted by Crippen LogP contribution is -2.33. The largest absolute Gasteiger partial charge is 0.480 e. The van der Waals surface area contributed by atoms with E-state index < -0.39 is 6.61 Å². The van der Waals surface area contributed by atoms with E-state index >= 15 is 0 Å². The molecular formula is C20H19N7O3. The van der Waals surface area contributed by atoms with Crippen LogP contribution in [0.4, 0.5) is 5.82 Å². The van der Waals surface area contributed by atoms with Crippen molar-refractivity contribution in [3.05, 3.63) is 36.3 Å². The molecule has 0 aliphatic carbocycles. The molecule has 2 N–H and O–H groups in total. The Hall–Kier alpha value is -3.84. The van der Waals surface area contributed by atoms with Gasteiger partial charge >= 0.3 is 0 Å². The van der Waals surface area contributed by atoms with Gasteiger partial charge in [0.15, 0.2) is 5.82 Å². The highest BCUT2D eigenvalue weighted by molar-refractivity contribution is 5.87. The van der Waals surface area contributed by atoms with Gasteiger partial charge in [-0.2, -0.15) is 5.26 Å². The first-order valence-corrected chi connectivity index (χ1v) is 9.34. The predicted octanol–water partition coefficient (Wildman–Crippen LogP) is 0.972. The number of likely N-dealkylation sites (tertiary alicyclic amines) is 1. The Morgan fingerprint density at radius 1 is 1.40 bits per heavy atom. The lowest BCUT2D eigenvalue weighted by atomic mass is 10.1. The number of amides is 1. The SMILES string of the molecule is COc1ncc(-c2ccc3ncnc(N[C@H]4CCN(C(=O)CO)C4)c3n2)cc1C#N. The molecular weight excluding hydrogens is 386 g/mol. The van der Waals surface area contributed by atoms with E-state index in [4.69, 9.17) is 14.8 Å². The molecule has 0 aromatic carbocycles. The first-order valence-electron chi connectivity index (χ1n) is 9.34. The molecule has 1 aliphatic heterocycles. The van der Waals surface area contributed by atoms with Crippen LogP contribution in [0.15, 0.2) is 30.7 Å². The van der Waals surface area contributed by atoms with Crippen molar-refractivity contribution in [1.82, 2.24) is 24.8 Å². The molecule has 0 saturated carbocycles. The minimum Gasteiger partial charge on any atom is -0.480 e. The minimum absolute atomic E-state index is 0.00287. The fraction of sp³-hybridized carbons (Fsp3) is 0.300. The molecule has 152 valence electrons. The number of ether oxygens (including phenoxy) is 1. The lowest BCUT2D eigenvalue weighted by Gasteiger charge is -2.17. The Balaban J connectivity index is 1.65. The smallest absolute Gasteiger partial charge is 0.248 e. The molecule has 3 aromatic heterocycles. The summed E-state index contributed by atoms with van der Waals surface area (Å²) in [7, 11) is 1.46. The van der Waals surface area contributed by atoms with E-state index in [1.54, 1.807) is 23.2 Å². The van der Waals surface area contributed by atoms with Crippen molar-refractivity contribution in [3.63, 3.8) is 0 Å². The van der Waals surface area contributed by atoms with Gasteiger partial charge in [0.2, 0.25) is 11.8 Å². The number of aliphatic hydroxyl groups excluding tert-OH is 1. The van der Waals surface area contributed by atoms with Crippen LogP contribution in [0.25, 0.3) is 22.3 Å². The molecule has 10 heteroatoms. The van der Waals surface area contributed by atoms with E-state index in [9.17, 15) is 10.1 Å². The Morgan fingerprint density at radius 2 is 2.27 bits per heavy atom. The number of carbonyl (C=O) groups is 1. The van der Waals surface area contributed by atoms with Crippen LogP contribution in [0, 0.1) is 11.3 Å². The summed E-state index contributed by atoms with van der Waals surface area (Å²) in [5.74, 6) is 0.538. The Kier molecular flexibility index (Phi) is 5.36. The first-order chi connectivity index (χ1) is 14.6. The molecule has 10 nitrogen and oxygen atoms in total. The number of aliphatic hydroxyl groups is 1. The van der Waals surface area contributed by atoms with Crippen LogP contribution in [0.2, 0.25) is 0 Å². The number of hydrogen-bond donors (Lipinski definition) is 2. The summed E-state index contributed by atoms with van der Waals surface area (Å²) in [6.45, 7) is 0.570. The molecule has 0 spiro atoms.